The van der Waals surface area contributed by atoms with E-state index in [-0.39, 0.29) is 5.91 Å². The first-order chi connectivity index (χ1) is 10.0. The number of aromatic nitrogens is 1. The molecule has 21 heavy (non-hydrogen) atoms. The number of carbonyl (C=O) groups is 1. The maximum atomic E-state index is 12.3. The Hall–Kier alpha value is -2.08. The molecule has 0 aliphatic heterocycles. The van der Waals surface area contributed by atoms with Crippen LogP contribution in [0.3, 0.4) is 0 Å². The fourth-order valence-corrected chi connectivity index (χ4v) is 2.42. The Morgan fingerprint density at radius 2 is 2.05 bits per heavy atom. The van der Waals surface area contributed by atoms with E-state index in [0.29, 0.717) is 22.8 Å². The highest BCUT2D eigenvalue weighted by Gasteiger charge is 2.10. The lowest BCUT2D eigenvalue weighted by molar-refractivity contribution is 0.102. The predicted octanol–water partition coefficient (Wildman–Crippen LogP) is 3.46. The molecule has 0 fully saturated rings. The monoisotopic (exact) mass is 349 g/mol. The smallest absolute Gasteiger partial charge is 0.255 e. The quantitative estimate of drug-likeness (QED) is 0.887. The summed E-state index contributed by atoms with van der Waals surface area (Å²) in [5, 5.41) is 5.78. The summed E-state index contributed by atoms with van der Waals surface area (Å²) in [7, 11) is 3.36. The van der Waals surface area contributed by atoms with Crippen molar-refractivity contribution in [2.24, 2.45) is 0 Å². The van der Waals surface area contributed by atoms with Crippen LogP contribution in [0.2, 0.25) is 0 Å². The van der Waals surface area contributed by atoms with Crippen LogP contribution in [0.25, 0.3) is 0 Å². The molecule has 2 aromatic rings. The molecule has 0 radical (unpaired) electrons. The van der Waals surface area contributed by atoms with Gasteiger partial charge in [0.1, 0.15) is 11.6 Å². The summed E-state index contributed by atoms with van der Waals surface area (Å²) >= 11 is 3.39. The molecule has 0 spiro atoms. The first-order valence-electron chi connectivity index (χ1n) is 6.35. The van der Waals surface area contributed by atoms with E-state index in [1.807, 2.05) is 6.92 Å². The Bertz CT molecular complexity index is 674. The van der Waals surface area contributed by atoms with E-state index >= 15 is 0 Å². The third-order valence-corrected chi connectivity index (χ3v) is 3.50. The van der Waals surface area contributed by atoms with E-state index < -0.39 is 0 Å². The molecular formula is C15H16BrN3O2. The summed E-state index contributed by atoms with van der Waals surface area (Å²) in [4.78, 5) is 16.6. The molecule has 0 saturated carbocycles. The van der Waals surface area contributed by atoms with E-state index in [1.54, 1.807) is 44.5 Å². The predicted molar refractivity (Wildman–Crippen MR) is 87.2 cm³/mol. The van der Waals surface area contributed by atoms with Gasteiger partial charge in [0.2, 0.25) is 0 Å². The van der Waals surface area contributed by atoms with Gasteiger partial charge in [0.25, 0.3) is 5.91 Å². The van der Waals surface area contributed by atoms with Gasteiger partial charge in [0.05, 0.1) is 11.6 Å². The number of hydrogen-bond acceptors (Lipinski definition) is 4. The number of carbonyl (C=O) groups excluding carboxylic acids is 1. The number of amides is 1. The summed E-state index contributed by atoms with van der Waals surface area (Å²) in [6, 6.07) is 8.82. The summed E-state index contributed by atoms with van der Waals surface area (Å²) in [5.74, 6) is 1.19. The van der Waals surface area contributed by atoms with Crippen LogP contribution in [0.4, 0.5) is 11.5 Å². The molecule has 5 nitrogen and oxygen atoms in total. The lowest BCUT2D eigenvalue weighted by Gasteiger charge is -2.09. The van der Waals surface area contributed by atoms with Crippen molar-refractivity contribution in [2.75, 3.05) is 24.8 Å². The Labute approximate surface area is 131 Å². The molecule has 6 heteroatoms. The Balaban J connectivity index is 2.21. The second-order valence-corrected chi connectivity index (χ2v) is 5.29. The molecule has 2 N–H and O–H groups in total. The molecule has 0 atom stereocenters. The molecule has 0 unspecified atom stereocenters. The highest BCUT2D eigenvalue weighted by atomic mass is 79.9. The summed E-state index contributed by atoms with van der Waals surface area (Å²) < 4.78 is 5.94. The van der Waals surface area contributed by atoms with Crippen LogP contribution in [-0.2, 0) is 0 Å². The van der Waals surface area contributed by atoms with E-state index in [2.05, 4.69) is 31.5 Å². The Morgan fingerprint density at radius 3 is 2.67 bits per heavy atom. The van der Waals surface area contributed by atoms with Crippen molar-refractivity contribution in [2.45, 2.75) is 6.92 Å². The molecule has 1 aromatic heterocycles. The number of anilines is 2. The number of benzene rings is 1. The van der Waals surface area contributed by atoms with Crippen LogP contribution >= 0.6 is 15.9 Å². The number of hydrogen-bond donors (Lipinski definition) is 2. The van der Waals surface area contributed by atoms with Gasteiger partial charge >= 0.3 is 0 Å². The maximum Gasteiger partial charge on any atom is 0.255 e. The van der Waals surface area contributed by atoms with Gasteiger partial charge in [-0.2, -0.15) is 0 Å². The first kappa shape index (κ1) is 15.3. The number of pyridine rings is 1. The van der Waals surface area contributed by atoms with E-state index in [9.17, 15) is 4.79 Å². The van der Waals surface area contributed by atoms with Gasteiger partial charge in [0.15, 0.2) is 0 Å². The zero-order valence-corrected chi connectivity index (χ0v) is 13.6. The van der Waals surface area contributed by atoms with E-state index in [1.165, 1.54) is 0 Å². The van der Waals surface area contributed by atoms with Crippen molar-refractivity contribution in [1.82, 2.24) is 4.98 Å². The standard InChI is InChI=1S/C15H16BrN3O2/c1-9-6-10(7-14(17-2)18-9)15(20)19-11-4-5-13(21-3)12(16)8-11/h4-8H,1-3H3,(H,17,18)(H,19,20). The van der Waals surface area contributed by atoms with Crippen LogP contribution in [0.5, 0.6) is 5.75 Å². The van der Waals surface area contributed by atoms with Crippen LogP contribution in [0.15, 0.2) is 34.8 Å². The normalized spacial score (nSPS) is 10.1. The topological polar surface area (TPSA) is 63.2 Å². The molecule has 110 valence electrons. The average molecular weight is 350 g/mol. The first-order valence-corrected chi connectivity index (χ1v) is 7.14. The van der Waals surface area contributed by atoms with Gasteiger partial charge in [0, 0.05) is 24.0 Å². The molecule has 0 aliphatic rings. The largest absolute Gasteiger partial charge is 0.496 e. The lowest BCUT2D eigenvalue weighted by Crippen LogP contribution is -2.13. The van der Waals surface area contributed by atoms with E-state index in [0.717, 1.165) is 10.2 Å². The fraction of sp³-hybridized carbons (Fsp3) is 0.200. The molecule has 1 aromatic carbocycles. The fourth-order valence-electron chi connectivity index (χ4n) is 1.88. The summed E-state index contributed by atoms with van der Waals surface area (Å²) in [6.45, 7) is 1.85. The van der Waals surface area contributed by atoms with Crippen molar-refractivity contribution in [3.8, 4) is 5.75 Å². The number of ether oxygens (including phenoxy) is 1. The number of nitrogens with one attached hydrogen (secondary N) is 2. The Morgan fingerprint density at radius 1 is 1.29 bits per heavy atom. The molecule has 1 heterocycles. The van der Waals surface area contributed by atoms with Gasteiger partial charge in [-0.05, 0) is 53.2 Å². The number of nitrogens with zero attached hydrogens (tertiary/aromatic N) is 1. The van der Waals surface area contributed by atoms with Gasteiger partial charge in [-0.1, -0.05) is 0 Å². The summed E-state index contributed by atoms with van der Waals surface area (Å²) in [5.41, 5.74) is 2.02. The molecule has 2 rings (SSSR count). The SMILES string of the molecule is CNc1cc(C(=O)Nc2ccc(OC)c(Br)c2)cc(C)n1. The van der Waals surface area contributed by atoms with Crippen LogP contribution in [0.1, 0.15) is 16.1 Å². The maximum absolute atomic E-state index is 12.3. The minimum Gasteiger partial charge on any atom is -0.496 e. The number of aryl methyl sites for hydroxylation is 1. The van der Waals surface area contributed by atoms with Crippen molar-refractivity contribution >= 4 is 33.3 Å². The van der Waals surface area contributed by atoms with Crippen LogP contribution in [-0.4, -0.2) is 25.0 Å². The van der Waals surface area contributed by atoms with Crippen molar-refractivity contribution in [1.29, 1.82) is 0 Å². The molecule has 0 saturated heterocycles. The second kappa shape index (κ2) is 6.58. The van der Waals surface area contributed by atoms with Crippen LogP contribution in [0, 0.1) is 6.92 Å². The van der Waals surface area contributed by atoms with Gasteiger partial charge < -0.3 is 15.4 Å². The number of rotatable bonds is 4. The van der Waals surface area contributed by atoms with E-state index in [4.69, 9.17) is 4.74 Å². The van der Waals surface area contributed by atoms with Gasteiger partial charge in [-0.15, -0.1) is 0 Å². The minimum absolute atomic E-state index is 0.186. The zero-order chi connectivity index (χ0) is 15.4. The molecule has 1 amide bonds. The summed E-state index contributed by atoms with van der Waals surface area (Å²) in [6.07, 6.45) is 0. The molecule has 0 aliphatic carbocycles. The molecule has 0 bridgehead atoms. The number of methoxy groups -OCH3 is 1. The third-order valence-electron chi connectivity index (χ3n) is 2.88. The van der Waals surface area contributed by atoms with Crippen molar-refractivity contribution in [3.05, 3.63) is 46.1 Å². The highest BCUT2D eigenvalue weighted by Crippen LogP contribution is 2.28. The minimum atomic E-state index is -0.186. The lowest BCUT2D eigenvalue weighted by atomic mass is 10.2. The van der Waals surface area contributed by atoms with Crippen molar-refractivity contribution in [3.63, 3.8) is 0 Å². The average Bonchev–Trinajstić information content (AvgIpc) is 2.46. The third kappa shape index (κ3) is 3.72. The molecular weight excluding hydrogens is 334 g/mol. The second-order valence-electron chi connectivity index (χ2n) is 4.44. The Kier molecular flexibility index (Phi) is 4.80. The highest BCUT2D eigenvalue weighted by molar-refractivity contribution is 9.10. The van der Waals surface area contributed by atoms with Crippen LogP contribution < -0.4 is 15.4 Å². The van der Waals surface area contributed by atoms with Crippen molar-refractivity contribution < 1.29 is 9.53 Å². The van der Waals surface area contributed by atoms with Gasteiger partial charge in [-0.25, -0.2) is 4.98 Å². The van der Waals surface area contributed by atoms with Gasteiger partial charge in [-0.3, -0.25) is 4.79 Å². The zero-order valence-electron chi connectivity index (χ0n) is 12.0. The number of halogens is 1.